The van der Waals surface area contributed by atoms with Gasteiger partial charge < -0.3 is 35.6 Å². The maximum Gasteiger partial charge on any atom is 0.217 e. The number of carbonyl (C=O) groups excluding carboxylic acids is 2. The molecule has 20 heavy (non-hydrogen) atoms. The highest BCUT2D eigenvalue weighted by Gasteiger charge is 2.31. The molecule has 0 aromatic carbocycles. The van der Waals surface area contributed by atoms with E-state index >= 15 is 0 Å². The van der Waals surface area contributed by atoms with E-state index in [0.717, 1.165) is 19.8 Å². The highest BCUT2D eigenvalue weighted by Crippen LogP contribution is 2.03. The van der Waals surface area contributed by atoms with Gasteiger partial charge in [-0.05, 0) is 6.42 Å². The van der Waals surface area contributed by atoms with Crippen molar-refractivity contribution in [1.82, 2.24) is 5.32 Å². The number of rotatable bonds is 8. The average molecular weight is 295 g/mol. The number of nitrogens with one attached hydrogen (secondary N) is 1. The summed E-state index contributed by atoms with van der Waals surface area (Å²) in [5.41, 5.74) is 0. The molecule has 1 amide bonds. The first-order valence-electron chi connectivity index (χ1n) is 6.33. The molecule has 8 nitrogen and oxygen atoms in total. The van der Waals surface area contributed by atoms with E-state index in [2.05, 4.69) is 12.2 Å². The fraction of sp³-hybridized carbons (Fsp3) is 0.833. The zero-order valence-electron chi connectivity index (χ0n) is 11.8. The van der Waals surface area contributed by atoms with Crippen LogP contribution in [0.15, 0.2) is 0 Å². The molecule has 0 aromatic rings. The fourth-order valence-electron chi connectivity index (χ4n) is 1.14. The van der Waals surface area contributed by atoms with E-state index in [1.807, 2.05) is 0 Å². The summed E-state index contributed by atoms with van der Waals surface area (Å²) in [6.45, 7) is 2.77. The van der Waals surface area contributed by atoms with Gasteiger partial charge in [-0.2, -0.15) is 0 Å². The molecular formula is C12H25NO7. The van der Waals surface area contributed by atoms with E-state index < -0.39 is 36.9 Å². The lowest BCUT2D eigenvalue weighted by Crippen LogP contribution is -2.53. The molecule has 0 radical (unpaired) electrons. The maximum absolute atomic E-state index is 10.6. The minimum atomic E-state index is -1.71. The van der Waals surface area contributed by atoms with Crippen LogP contribution in [-0.4, -0.2) is 75.3 Å². The van der Waals surface area contributed by atoms with Gasteiger partial charge in [0.25, 0.3) is 0 Å². The summed E-state index contributed by atoms with van der Waals surface area (Å²) in [6, 6.07) is -1.32. The van der Waals surface area contributed by atoms with E-state index in [-0.39, 0.29) is 6.29 Å². The highest BCUT2D eigenvalue weighted by molar-refractivity contribution is 5.77. The van der Waals surface area contributed by atoms with Gasteiger partial charge in [-0.15, -0.1) is 0 Å². The van der Waals surface area contributed by atoms with Gasteiger partial charge >= 0.3 is 0 Å². The number of aldehydes is 1. The first-order valence-corrected chi connectivity index (χ1v) is 6.33. The summed E-state index contributed by atoms with van der Waals surface area (Å²) < 4.78 is 0. The smallest absolute Gasteiger partial charge is 0.217 e. The molecule has 4 atom stereocenters. The van der Waals surface area contributed by atoms with Crippen LogP contribution in [0.3, 0.4) is 0 Å². The second-order valence-corrected chi connectivity index (χ2v) is 4.17. The summed E-state index contributed by atoms with van der Waals surface area (Å²) in [4.78, 5) is 21.1. The van der Waals surface area contributed by atoms with E-state index in [1.54, 1.807) is 0 Å². The van der Waals surface area contributed by atoms with Crippen LogP contribution >= 0.6 is 0 Å². The van der Waals surface area contributed by atoms with Crippen molar-refractivity contribution < 1.29 is 35.1 Å². The Kier molecular flexibility index (Phi) is 13.8. The Balaban J connectivity index is 0. The van der Waals surface area contributed by atoms with Gasteiger partial charge in [0.15, 0.2) is 0 Å². The van der Waals surface area contributed by atoms with Crippen LogP contribution in [0.25, 0.3) is 0 Å². The summed E-state index contributed by atoms with van der Waals surface area (Å²) in [6.07, 6.45) is -2.68. The largest absolute Gasteiger partial charge is 0.396 e. The molecular weight excluding hydrogens is 270 g/mol. The molecule has 0 saturated heterocycles. The van der Waals surface area contributed by atoms with E-state index in [1.165, 1.54) is 0 Å². The van der Waals surface area contributed by atoms with Crippen molar-refractivity contribution in [3.63, 3.8) is 0 Å². The minimum absolute atomic E-state index is 0.235. The van der Waals surface area contributed by atoms with Gasteiger partial charge in [0.1, 0.15) is 30.6 Å². The Bertz CT molecular complexity index is 260. The topological polar surface area (TPSA) is 147 Å². The van der Waals surface area contributed by atoms with Crippen LogP contribution in [0.1, 0.15) is 26.7 Å². The predicted octanol–water partition coefficient (Wildman–Crippen LogP) is -2.46. The van der Waals surface area contributed by atoms with Crippen LogP contribution in [0.5, 0.6) is 0 Å². The van der Waals surface area contributed by atoms with Gasteiger partial charge in [0.2, 0.25) is 5.91 Å². The second kappa shape index (κ2) is 12.9. The number of aliphatic hydroxyl groups is 5. The first-order chi connectivity index (χ1) is 9.35. The molecule has 0 bridgehead atoms. The Labute approximate surface area is 118 Å². The average Bonchev–Trinajstić information content (AvgIpc) is 2.43. The third-order valence-corrected chi connectivity index (χ3v) is 2.33. The molecule has 0 spiro atoms. The molecule has 0 aromatic heterocycles. The van der Waals surface area contributed by atoms with Crippen LogP contribution < -0.4 is 5.32 Å². The lowest BCUT2D eigenvalue weighted by Gasteiger charge is -2.25. The van der Waals surface area contributed by atoms with Crippen LogP contribution in [-0.2, 0) is 9.59 Å². The maximum atomic E-state index is 10.6. The summed E-state index contributed by atoms with van der Waals surface area (Å²) >= 11 is 0. The highest BCUT2D eigenvalue weighted by atomic mass is 16.4. The van der Waals surface area contributed by atoms with E-state index in [4.69, 9.17) is 15.3 Å². The molecule has 0 unspecified atom stereocenters. The van der Waals surface area contributed by atoms with E-state index in [0.29, 0.717) is 6.61 Å². The van der Waals surface area contributed by atoms with Gasteiger partial charge in [-0.3, -0.25) is 4.79 Å². The Hall–Kier alpha value is -1.06. The lowest BCUT2D eigenvalue weighted by atomic mass is 10.0. The summed E-state index contributed by atoms with van der Waals surface area (Å²) in [7, 11) is 0. The van der Waals surface area contributed by atoms with Crippen LogP contribution in [0.4, 0.5) is 0 Å². The molecule has 6 N–H and O–H groups in total. The van der Waals surface area contributed by atoms with Crippen molar-refractivity contribution in [2.45, 2.75) is 51.0 Å². The van der Waals surface area contributed by atoms with Crippen molar-refractivity contribution in [2.24, 2.45) is 0 Å². The van der Waals surface area contributed by atoms with Crippen molar-refractivity contribution in [3.05, 3.63) is 0 Å². The van der Waals surface area contributed by atoms with Crippen molar-refractivity contribution in [1.29, 1.82) is 0 Å². The third-order valence-electron chi connectivity index (χ3n) is 2.33. The Morgan fingerprint density at radius 1 is 1.20 bits per heavy atom. The normalized spacial score (nSPS) is 16.1. The minimum Gasteiger partial charge on any atom is -0.396 e. The van der Waals surface area contributed by atoms with Gasteiger partial charge in [0, 0.05) is 13.5 Å². The van der Waals surface area contributed by atoms with Crippen LogP contribution in [0, 0.1) is 0 Å². The standard InChI is InChI=1S/C8H15NO6.C4H10O/c1-4(12)9-5(2-10)7(14)8(15)6(13)3-11;1-2-3-4-5/h2,5-8,11,13-15H,3H2,1H3,(H,9,12);5H,2-4H2,1H3/t5-,6+,7+,8+;/m0./s1. The van der Waals surface area contributed by atoms with Crippen molar-refractivity contribution in [3.8, 4) is 0 Å². The second-order valence-electron chi connectivity index (χ2n) is 4.17. The number of carbonyl (C=O) groups is 2. The van der Waals surface area contributed by atoms with Gasteiger partial charge in [0.05, 0.1) is 6.61 Å². The Morgan fingerprint density at radius 2 is 1.75 bits per heavy atom. The van der Waals surface area contributed by atoms with Gasteiger partial charge in [-0.1, -0.05) is 13.3 Å². The van der Waals surface area contributed by atoms with E-state index in [9.17, 15) is 19.8 Å². The van der Waals surface area contributed by atoms with Crippen LogP contribution in [0.2, 0.25) is 0 Å². The molecule has 0 fully saturated rings. The first kappa shape index (κ1) is 21.2. The SMILES string of the molecule is CC(=O)N[C@@H](C=O)[C@@H](O)[C@H](O)[C@H](O)CO.CCCCO. The number of hydrogen-bond acceptors (Lipinski definition) is 7. The van der Waals surface area contributed by atoms with Crippen molar-refractivity contribution >= 4 is 12.2 Å². The molecule has 0 rings (SSSR count). The number of amides is 1. The predicted molar refractivity (Wildman–Crippen MR) is 70.8 cm³/mol. The zero-order valence-corrected chi connectivity index (χ0v) is 11.8. The quantitative estimate of drug-likeness (QED) is 0.272. The van der Waals surface area contributed by atoms with Crippen molar-refractivity contribution in [2.75, 3.05) is 13.2 Å². The monoisotopic (exact) mass is 295 g/mol. The molecule has 120 valence electrons. The molecule has 0 aliphatic heterocycles. The lowest BCUT2D eigenvalue weighted by molar-refractivity contribution is -0.129. The Morgan fingerprint density at radius 3 is 2.00 bits per heavy atom. The number of unbranched alkanes of at least 4 members (excludes halogenated alkanes) is 1. The zero-order chi connectivity index (χ0) is 16.1. The van der Waals surface area contributed by atoms with Gasteiger partial charge in [-0.25, -0.2) is 0 Å². The number of aliphatic hydroxyl groups excluding tert-OH is 5. The molecule has 8 heteroatoms. The molecule has 0 aliphatic carbocycles. The third kappa shape index (κ3) is 9.82. The molecule has 0 heterocycles. The fourth-order valence-corrected chi connectivity index (χ4v) is 1.14. The number of hydrogen-bond donors (Lipinski definition) is 6. The summed E-state index contributed by atoms with van der Waals surface area (Å²) in [5, 5.41) is 46.2. The molecule has 0 aliphatic rings. The molecule has 0 saturated carbocycles. The summed E-state index contributed by atoms with van der Waals surface area (Å²) in [5.74, 6) is -0.558.